The summed E-state index contributed by atoms with van der Waals surface area (Å²) in [5, 5.41) is 8.68. The average molecular weight is 419 g/mol. The molecule has 25 heavy (non-hydrogen) atoms. The van der Waals surface area contributed by atoms with E-state index in [1.807, 2.05) is 6.92 Å². The zero-order valence-electron chi connectivity index (χ0n) is 15.5. The van der Waals surface area contributed by atoms with E-state index in [2.05, 4.69) is 27.7 Å². The molecule has 0 radical (unpaired) electrons. The molecule has 2 atom stereocenters. The van der Waals surface area contributed by atoms with Crippen LogP contribution in [0.4, 0.5) is 0 Å². The fourth-order valence-electron chi connectivity index (χ4n) is 2.99. The molecule has 140 valence electrons. The van der Waals surface area contributed by atoms with Gasteiger partial charge in [0.2, 0.25) is 0 Å². The van der Waals surface area contributed by atoms with Crippen LogP contribution in [0.25, 0.3) is 0 Å². The molecule has 0 fully saturated rings. The predicted octanol–water partition coefficient (Wildman–Crippen LogP) is 3.98. The van der Waals surface area contributed by atoms with Crippen molar-refractivity contribution < 1.29 is 9.90 Å². The maximum absolute atomic E-state index is 10.5. The standard InChI is InChI=1S/C20H38O2.Ca.K.Mg.5H/c1-16(2)9-6-10-17(3)11-7-12-18(4)13-8-14-19(5)15-20(21)22;;;;;;;;/h15-18H,6-14H2,1-5H3,(H,21,22);;;;;;;;/b19-15+;;;;;;;;/t17-,18-;;;;;;;;/m1......../s1. The number of carbonyl (C=O) groups is 1. The summed E-state index contributed by atoms with van der Waals surface area (Å²) >= 11 is 0. The van der Waals surface area contributed by atoms with Gasteiger partial charge in [-0.05, 0) is 37.5 Å². The number of carboxylic acids is 1. The van der Waals surface area contributed by atoms with E-state index in [1.54, 1.807) is 0 Å². The summed E-state index contributed by atoms with van der Waals surface area (Å²) in [4.78, 5) is 10.5. The molecule has 0 aromatic rings. The summed E-state index contributed by atoms with van der Waals surface area (Å²) in [6.07, 6.45) is 12.7. The monoisotopic (exact) mass is 418 g/mol. The number of hydrogen-bond acceptors (Lipinski definition) is 1. The average Bonchev–Trinajstić information content (AvgIpc) is 2.37. The molecule has 0 saturated carbocycles. The molecule has 0 aromatic carbocycles. The third-order valence-electron chi connectivity index (χ3n) is 4.51. The van der Waals surface area contributed by atoms with Crippen LogP contribution in [0.2, 0.25) is 0 Å². The van der Waals surface area contributed by atoms with Crippen molar-refractivity contribution in [2.45, 2.75) is 92.4 Å². The zero-order chi connectivity index (χ0) is 17.0. The molecule has 0 unspecified atom stereocenters. The van der Waals surface area contributed by atoms with Crippen LogP contribution >= 0.6 is 0 Å². The second-order valence-electron chi connectivity index (χ2n) is 7.69. The molecule has 1 N–H and O–H groups in total. The van der Waals surface area contributed by atoms with Gasteiger partial charge >= 0.3 is 118 Å². The molecule has 0 heterocycles. The van der Waals surface area contributed by atoms with E-state index in [4.69, 9.17) is 5.11 Å². The van der Waals surface area contributed by atoms with Gasteiger partial charge in [-0.15, -0.1) is 0 Å². The minimum absolute atomic E-state index is 0. The minimum Gasteiger partial charge on any atom is 0.316 e. The van der Waals surface area contributed by atoms with Gasteiger partial charge in [0.05, 0.1) is 0 Å². The van der Waals surface area contributed by atoms with Crippen LogP contribution in [0.3, 0.4) is 0 Å². The van der Waals surface area contributed by atoms with E-state index in [-0.39, 0.29) is 112 Å². The first-order chi connectivity index (χ1) is 10.3. The van der Waals surface area contributed by atoms with Crippen molar-refractivity contribution in [1.82, 2.24) is 0 Å². The summed E-state index contributed by atoms with van der Waals surface area (Å²) < 4.78 is 0. The second kappa shape index (κ2) is 23.2. The van der Waals surface area contributed by atoms with Gasteiger partial charge in [-0.1, -0.05) is 78.2 Å². The molecular weight excluding hydrogens is 376 g/mol. The van der Waals surface area contributed by atoms with E-state index in [9.17, 15) is 4.79 Å². The Balaban J connectivity index is -0.000000735. The van der Waals surface area contributed by atoms with Gasteiger partial charge < -0.3 is 5.11 Å². The Labute approximate surface area is 245 Å². The van der Waals surface area contributed by atoms with Crippen LogP contribution in [-0.4, -0.2) is 123 Å². The molecule has 0 aliphatic heterocycles. The first-order valence-corrected chi connectivity index (χ1v) is 9.21. The Bertz CT molecular complexity index is 336. The second-order valence-corrected chi connectivity index (χ2v) is 7.69. The Morgan fingerprint density at radius 3 is 1.68 bits per heavy atom. The third-order valence-corrected chi connectivity index (χ3v) is 4.51. The Hall–Kier alpha value is 2.87. The number of rotatable bonds is 13. The number of allylic oxidation sites excluding steroid dienone is 1. The third kappa shape index (κ3) is 26.9. The fourth-order valence-corrected chi connectivity index (χ4v) is 2.99. The molecule has 0 amide bonds. The molecule has 0 aliphatic rings. The molecule has 0 spiro atoms. The van der Waals surface area contributed by atoms with E-state index >= 15 is 0 Å². The van der Waals surface area contributed by atoms with E-state index in [0.717, 1.165) is 36.2 Å². The van der Waals surface area contributed by atoms with Crippen molar-refractivity contribution in [2.24, 2.45) is 17.8 Å². The topological polar surface area (TPSA) is 37.3 Å². The van der Waals surface area contributed by atoms with Crippen LogP contribution in [0, 0.1) is 17.8 Å². The largest absolute Gasteiger partial charge is 0.316 e. The summed E-state index contributed by atoms with van der Waals surface area (Å²) in [6.45, 7) is 11.3. The number of hydrogen-bond donors (Lipinski definition) is 1. The summed E-state index contributed by atoms with van der Waals surface area (Å²) in [5.74, 6) is 1.65. The predicted molar refractivity (Wildman–Crippen MR) is 120 cm³/mol. The molecule has 0 saturated heterocycles. The van der Waals surface area contributed by atoms with Gasteiger partial charge in [-0.3, -0.25) is 0 Å². The van der Waals surface area contributed by atoms with Crippen molar-refractivity contribution in [3.05, 3.63) is 11.6 Å². The summed E-state index contributed by atoms with van der Waals surface area (Å²) in [6, 6.07) is 0. The summed E-state index contributed by atoms with van der Waals surface area (Å²) in [7, 11) is 0. The van der Waals surface area contributed by atoms with Gasteiger partial charge in [-0.2, -0.15) is 0 Å². The van der Waals surface area contributed by atoms with Crippen molar-refractivity contribution in [3.63, 3.8) is 0 Å². The van der Waals surface area contributed by atoms with Crippen molar-refractivity contribution in [3.8, 4) is 0 Å². The molecule has 0 aliphatic carbocycles. The molecule has 0 bridgehead atoms. The summed E-state index contributed by atoms with van der Waals surface area (Å²) in [5.41, 5.74) is 0.985. The SMILES string of the molecule is C/C(=C\C(=O)O)CCC[C@H](C)CCC[C@H](C)CCCC(C)C.[CaH2].[KH].[MgH2]. The van der Waals surface area contributed by atoms with Gasteiger partial charge in [0.15, 0.2) is 0 Å². The van der Waals surface area contributed by atoms with E-state index in [0.29, 0.717) is 0 Å². The van der Waals surface area contributed by atoms with E-state index in [1.165, 1.54) is 51.0 Å². The Kier molecular flexibility index (Phi) is 32.7. The first kappa shape index (κ1) is 35.3. The van der Waals surface area contributed by atoms with Crippen molar-refractivity contribution >= 4 is 118 Å². The van der Waals surface area contributed by atoms with Gasteiger partial charge in [0.1, 0.15) is 0 Å². The normalized spacial score (nSPS) is 13.3. The fraction of sp³-hybridized carbons (Fsp3) is 0.850. The Morgan fingerprint density at radius 2 is 1.28 bits per heavy atom. The number of aliphatic carboxylic acids is 1. The molecular formula is C20H43CaKMgO2. The van der Waals surface area contributed by atoms with E-state index < -0.39 is 5.97 Å². The van der Waals surface area contributed by atoms with Gasteiger partial charge in [-0.25, -0.2) is 4.79 Å². The van der Waals surface area contributed by atoms with Crippen LogP contribution in [0.15, 0.2) is 11.6 Å². The maximum Gasteiger partial charge on any atom is 0.316 e. The molecule has 0 rings (SSSR count). The maximum atomic E-state index is 10.5. The first-order valence-electron chi connectivity index (χ1n) is 9.21. The quantitative estimate of drug-likeness (QED) is 0.363. The molecule has 2 nitrogen and oxygen atoms in total. The smallest absolute Gasteiger partial charge is 0.316 e. The molecule has 5 heteroatoms. The van der Waals surface area contributed by atoms with Gasteiger partial charge in [0, 0.05) is 6.08 Å². The van der Waals surface area contributed by atoms with Crippen LogP contribution in [-0.2, 0) is 4.79 Å². The van der Waals surface area contributed by atoms with Crippen molar-refractivity contribution in [2.75, 3.05) is 0 Å². The van der Waals surface area contributed by atoms with Crippen LogP contribution in [0.5, 0.6) is 0 Å². The zero-order valence-corrected chi connectivity index (χ0v) is 15.5. The van der Waals surface area contributed by atoms with Gasteiger partial charge in [0.25, 0.3) is 0 Å². The Morgan fingerprint density at radius 1 is 0.880 bits per heavy atom. The van der Waals surface area contributed by atoms with Crippen LogP contribution < -0.4 is 0 Å². The number of carboxylic acid groups (broad SMARTS) is 1. The van der Waals surface area contributed by atoms with Crippen LogP contribution in [0.1, 0.15) is 92.4 Å². The molecule has 0 aromatic heterocycles. The minimum atomic E-state index is -0.822. The van der Waals surface area contributed by atoms with Crippen molar-refractivity contribution in [1.29, 1.82) is 0 Å².